The van der Waals surface area contributed by atoms with Crippen molar-refractivity contribution >= 4 is 5.69 Å². The Kier molecular flexibility index (Phi) is 4.15. The summed E-state index contributed by atoms with van der Waals surface area (Å²) in [5.74, 6) is 0.222. The van der Waals surface area contributed by atoms with Crippen LogP contribution < -0.4 is 4.90 Å². The summed E-state index contributed by atoms with van der Waals surface area (Å²) in [6.07, 6.45) is 1.02. The number of aliphatic hydroxyl groups is 1. The Labute approximate surface area is 92.5 Å². The number of aliphatic hydroxyl groups excluding tert-OH is 1. The second-order valence-corrected chi connectivity index (χ2v) is 4.21. The van der Waals surface area contributed by atoms with Crippen LogP contribution in [0.5, 0.6) is 0 Å². The molecule has 84 valence electrons. The summed E-state index contributed by atoms with van der Waals surface area (Å²) in [5.41, 5.74) is 3.80. The van der Waals surface area contributed by atoms with Gasteiger partial charge in [0.05, 0.1) is 0 Å². The zero-order valence-corrected chi connectivity index (χ0v) is 10.1. The first-order valence-corrected chi connectivity index (χ1v) is 5.51. The molecular formula is C13H21NO. The number of aryl methyl sites for hydroxylation is 1. The number of benzene rings is 1. The van der Waals surface area contributed by atoms with Crippen LogP contribution in [-0.2, 0) is 6.42 Å². The molecule has 0 saturated carbocycles. The molecule has 0 aliphatic heterocycles. The van der Waals surface area contributed by atoms with Crippen LogP contribution in [-0.4, -0.2) is 25.8 Å². The minimum absolute atomic E-state index is 0.212. The van der Waals surface area contributed by atoms with Gasteiger partial charge in [-0.2, -0.15) is 0 Å². The highest BCUT2D eigenvalue weighted by Gasteiger charge is 2.10. The molecule has 1 atom stereocenters. The van der Waals surface area contributed by atoms with E-state index in [0.29, 0.717) is 0 Å². The third-order valence-electron chi connectivity index (χ3n) is 2.83. The first-order valence-electron chi connectivity index (χ1n) is 5.51. The van der Waals surface area contributed by atoms with Crippen LogP contribution in [0.25, 0.3) is 0 Å². The quantitative estimate of drug-likeness (QED) is 0.819. The fraction of sp³-hybridized carbons (Fsp3) is 0.538. The average Bonchev–Trinajstić information content (AvgIpc) is 2.27. The molecule has 0 saturated heterocycles. The molecule has 1 aromatic rings. The molecule has 0 spiro atoms. The van der Waals surface area contributed by atoms with E-state index in [4.69, 9.17) is 0 Å². The average molecular weight is 207 g/mol. The third-order valence-corrected chi connectivity index (χ3v) is 2.83. The van der Waals surface area contributed by atoms with Gasteiger partial charge in [-0.15, -0.1) is 0 Å². The van der Waals surface area contributed by atoms with E-state index < -0.39 is 0 Å². The summed E-state index contributed by atoms with van der Waals surface area (Å²) in [5, 5.41) is 9.22. The van der Waals surface area contributed by atoms with E-state index in [1.54, 1.807) is 0 Å². The lowest BCUT2D eigenvalue weighted by Crippen LogP contribution is -2.11. The van der Waals surface area contributed by atoms with Crippen molar-refractivity contribution in [2.45, 2.75) is 26.2 Å². The molecule has 2 nitrogen and oxygen atoms in total. The number of nitrogens with zero attached hydrogens (tertiary/aromatic N) is 1. The SMILES string of the molecule is CCc1ccc(N(C)C)cc1[C@H](C)CO. The van der Waals surface area contributed by atoms with E-state index in [-0.39, 0.29) is 12.5 Å². The van der Waals surface area contributed by atoms with Gasteiger partial charge in [0.2, 0.25) is 0 Å². The predicted octanol–water partition coefficient (Wildman–Crippen LogP) is 2.41. The summed E-state index contributed by atoms with van der Waals surface area (Å²) in [6, 6.07) is 6.48. The normalized spacial score (nSPS) is 12.6. The molecule has 0 amide bonds. The van der Waals surface area contributed by atoms with Gasteiger partial charge in [0.25, 0.3) is 0 Å². The van der Waals surface area contributed by atoms with Crippen LogP contribution in [0.2, 0.25) is 0 Å². The van der Waals surface area contributed by atoms with Gasteiger partial charge in [0.1, 0.15) is 0 Å². The van der Waals surface area contributed by atoms with Crippen LogP contribution in [0, 0.1) is 0 Å². The van der Waals surface area contributed by atoms with Crippen LogP contribution in [0.1, 0.15) is 30.9 Å². The smallest absolute Gasteiger partial charge is 0.0497 e. The van der Waals surface area contributed by atoms with Gasteiger partial charge in [-0.25, -0.2) is 0 Å². The monoisotopic (exact) mass is 207 g/mol. The highest BCUT2D eigenvalue weighted by Crippen LogP contribution is 2.25. The van der Waals surface area contributed by atoms with Gasteiger partial charge in [0.15, 0.2) is 0 Å². The zero-order chi connectivity index (χ0) is 11.4. The molecule has 1 rings (SSSR count). The van der Waals surface area contributed by atoms with Crippen molar-refractivity contribution in [1.82, 2.24) is 0 Å². The number of rotatable bonds is 4. The van der Waals surface area contributed by atoms with Gasteiger partial charge in [0, 0.05) is 32.3 Å². The van der Waals surface area contributed by atoms with Crippen LogP contribution in [0.3, 0.4) is 0 Å². The van der Waals surface area contributed by atoms with Crippen molar-refractivity contribution < 1.29 is 5.11 Å². The van der Waals surface area contributed by atoms with Gasteiger partial charge in [-0.3, -0.25) is 0 Å². The largest absolute Gasteiger partial charge is 0.396 e. The number of hydrogen-bond acceptors (Lipinski definition) is 2. The first kappa shape index (κ1) is 12.1. The molecule has 1 N–H and O–H groups in total. The van der Waals surface area contributed by atoms with Crippen molar-refractivity contribution in [3.05, 3.63) is 29.3 Å². The summed E-state index contributed by atoms with van der Waals surface area (Å²) in [7, 11) is 4.07. The molecule has 0 radical (unpaired) electrons. The minimum Gasteiger partial charge on any atom is -0.396 e. The van der Waals surface area contributed by atoms with E-state index in [9.17, 15) is 5.11 Å². The summed E-state index contributed by atoms with van der Waals surface area (Å²) in [6.45, 7) is 4.43. The minimum atomic E-state index is 0.212. The number of anilines is 1. The van der Waals surface area contributed by atoms with Crippen molar-refractivity contribution in [2.24, 2.45) is 0 Å². The maximum Gasteiger partial charge on any atom is 0.0497 e. The fourth-order valence-corrected chi connectivity index (χ4v) is 1.74. The van der Waals surface area contributed by atoms with Gasteiger partial charge >= 0.3 is 0 Å². The molecule has 0 aliphatic rings. The maximum absolute atomic E-state index is 9.22. The third kappa shape index (κ3) is 2.72. The maximum atomic E-state index is 9.22. The first-order chi connectivity index (χ1) is 7.10. The Bertz CT molecular complexity index is 320. The molecular weight excluding hydrogens is 186 g/mol. The van der Waals surface area contributed by atoms with E-state index >= 15 is 0 Å². The molecule has 0 fully saturated rings. The fourth-order valence-electron chi connectivity index (χ4n) is 1.74. The van der Waals surface area contributed by atoms with Gasteiger partial charge < -0.3 is 10.0 Å². The standard InChI is InChI=1S/C13H21NO/c1-5-11-6-7-12(14(3)4)8-13(11)10(2)9-15/h6-8,10,15H,5,9H2,1-4H3/t10-/m1/s1. The topological polar surface area (TPSA) is 23.5 Å². The molecule has 2 heteroatoms. The Morgan fingerprint density at radius 1 is 1.33 bits per heavy atom. The van der Waals surface area contributed by atoms with Crippen molar-refractivity contribution in [1.29, 1.82) is 0 Å². The number of hydrogen-bond donors (Lipinski definition) is 1. The summed E-state index contributed by atoms with van der Waals surface area (Å²) >= 11 is 0. The lowest BCUT2D eigenvalue weighted by molar-refractivity contribution is 0.272. The molecule has 0 heterocycles. The zero-order valence-electron chi connectivity index (χ0n) is 10.1. The molecule has 1 aromatic carbocycles. The Balaban J connectivity index is 3.13. The van der Waals surface area contributed by atoms with Crippen LogP contribution in [0.15, 0.2) is 18.2 Å². The second kappa shape index (κ2) is 5.17. The molecule has 15 heavy (non-hydrogen) atoms. The van der Waals surface area contributed by atoms with E-state index in [1.165, 1.54) is 16.8 Å². The molecule has 0 unspecified atom stereocenters. The molecule has 0 bridgehead atoms. The Hall–Kier alpha value is -1.02. The highest BCUT2D eigenvalue weighted by atomic mass is 16.3. The van der Waals surface area contributed by atoms with Gasteiger partial charge in [-0.1, -0.05) is 19.9 Å². The second-order valence-electron chi connectivity index (χ2n) is 4.21. The van der Waals surface area contributed by atoms with E-state index in [2.05, 4.69) is 36.9 Å². The molecule has 0 aromatic heterocycles. The predicted molar refractivity (Wildman–Crippen MR) is 65.6 cm³/mol. The summed E-state index contributed by atoms with van der Waals surface area (Å²) in [4.78, 5) is 2.09. The van der Waals surface area contributed by atoms with Crippen LogP contribution in [0.4, 0.5) is 5.69 Å². The van der Waals surface area contributed by atoms with E-state index in [0.717, 1.165) is 6.42 Å². The van der Waals surface area contributed by atoms with E-state index in [1.807, 2.05) is 14.1 Å². The molecule has 0 aliphatic carbocycles. The lowest BCUT2D eigenvalue weighted by Gasteiger charge is -2.19. The van der Waals surface area contributed by atoms with Crippen molar-refractivity contribution in [3.63, 3.8) is 0 Å². The highest BCUT2D eigenvalue weighted by molar-refractivity contribution is 5.51. The van der Waals surface area contributed by atoms with Crippen LogP contribution >= 0.6 is 0 Å². The Morgan fingerprint density at radius 3 is 2.47 bits per heavy atom. The van der Waals surface area contributed by atoms with Crippen molar-refractivity contribution in [3.8, 4) is 0 Å². The Morgan fingerprint density at radius 2 is 2.00 bits per heavy atom. The van der Waals surface area contributed by atoms with Gasteiger partial charge in [-0.05, 0) is 29.7 Å². The summed E-state index contributed by atoms with van der Waals surface area (Å²) < 4.78 is 0. The lowest BCUT2D eigenvalue weighted by atomic mass is 9.94. The van der Waals surface area contributed by atoms with Crippen molar-refractivity contribution in [2.75, 3.05) is 25.6 Å².